The molecule has 0 fully saturated rings. The van der Waals surface area contributed by atoms with Crippen LogP contribution in [0.3, 0.4) is 0 Å². The molecule has 0 bridgehead atoms. The lowest BCUT2D eigenvalue weighted by Gasteiger charge is -2.15. The second-order valence-electron chi connectivity index (χ2n) is 3.26. The summed E-state index contributed by atoms with van der Waals surface area (Å²) in [5.41, 5.74) is 2.66. The number of rotatable bonds is 2. The van der Waals surface area contributed by atoms with Crippen LogP contribution < -0.4 is 4.90 Å². The molecule has 1 amide bonds. The number of amides is 1. The van der Waals surface area contributed by atoms with E-state index in [1.807, 2.05) is 0 Å². The molecule has 0 aliphatic rings. The fourth-order valence-electron chi connectivity index (χ4n) is 1.31. The van der Waals surface area contributed by atoms with Crippen molar-refractivity contribution in [1.82, 2.24) is 4.98 Å². The van der Waals surface area contributed by atoms with E-state index in [2.05, 4.69) is 4.98 Å². The largest absolute Gasteiger partial charge is 0.508 e. The topological polar surface area (TPSA) is 53.4 Å². The van der Waals surface area contributed by atoms with Crippen molar-refractivity contribution in [2.45, 2.75) is 0 Å². The van der Waals surface area contributed by atoms with E-state index in [4.69, 9.17) is 0 Å². The predicted molar refractivity (Wildman–Crippen MR) is 63.0 cm³/mol. The number of aromatic hydroxyl groups is 1. The summed E-state index contributed by atoms with van der Waals surface area (Å²) < 4.78 is 0. The van der Waals surface area contributed by atoms with Crippen LogP contribution in [0.2, 0.25) is 0 Å². The van der Waals surface area contributed by atoms with E-state index < -0.39 is 0 Å². The molecule has 1 aromatic carbocycles. The van der Waals surface area contributed by atoms with Gasteiger partial charge in [0, 0.05) is 24.2 Å². The summed E-state index contributed by atoms with van der Waals surface area (Å²) in [6.07, 6.45) is 0. The van der Waals surface area contributed by atoms with Gasteiger partial charge in [-0.15, -0.1) is 11.3 Å². The Balaban J connectivity index is 2.26. The molecule has 1 aromatic heterocycles. The average molecular weight is 234 g/mol. The lowest BCUT2D eigenvalue weighted by molar-refractivity contribution is 0.0989. The van der Waals surface area contributed by atoms with E-state index in [0.717, 1.165) is 0 Å². The highest BCUT2D eigenvalue weighted by Gasteiger charge is 2.15. The van der Waals surface area contributed by atoms with Crippen molar-refractivity contribution in [2.75, 3.05) is 11.9 Å². The van der Waals surface area contributed by atoms with Gasteiger partial charge in [-0.25, -0.2) is 4.98 Å². The van der Waals surface area contributed by atoms with Crippen molar-refractivity contribution in [3.8, 4) is 5.75 Å². The van der Waals surface area contributed by atoms with Crippen molar-refractivity contribution in [3.05, 3.63) is 40.8 Å². The number of benzene rings is 1. The van der Waals surface area contributed by atoms with Crippen LogP contribution in [0.1, 0.15) is 10.5 Å². The van der Waals surface area contributed by atoms with Crippen LogP contribution in [0, 0.1) is 0 Å². The number of phenolic OH excluding ortho intramolecular Hbond substituents is 1. The van der Waals surface area contributed by atoms with Crippen molar-refractivity contribution >= 4 is 22.9 Å². The molecule has 1 N–H and O–H groups in total. The molecule has 2 aromatic rings. The third-order valence-electron chi connectivity index (χ3n) is 2.17. The number of aromatic nitrogens is 1. The Kier molecular flexibility index (Phi) is 2.87. The molecule has 0 atom stereocenters. The molecule has 5 heteroatoms. The highest BCUT2D eigenvalue weighted by atomic mass is 32.1. The Bertz CT molecular complexity index is 496. The minimum absolute atomic E-state index is 0.135. The van der Waals surface area contributed by atoms with Gasteiger partial charge in [-0.3, -0.25) is 4.79 Å². The first-order chi connectivity index (χ1) is 7.68. The number of hydrogen-bond acceptors (Lipinski definition) is 4. The monoisotopic (exact) mass is 234 g/mol. The number of anilines is 1. The number of nitrogens with zero attached hydrogens (tertiary/aromatic N) is 2. The van der Waals surface area contributed by atoms with Gasteiger partial charge in [0.15, 0.2) is 0 Å². The minimum atomic E-state index is -0.188. The number of phenols is 1. The summed E-state index contributed by atoms with van der Waals surface area (Å²) in [5, 5.41) is 11.0. The number of hydrogen-bond donors (Lipinski definition) is 1. The van der Waals surface area contributed by atoms with E-state index in [9.17, 15) is 9.90 Å². The molecule has 82 valence electrons. The molecular formula is C11H10N2O2S. The summed E-state index contributed by atoms with van der Waals surface area (Å²) in [7, 11) is 1.65. The zero-order valence-corrected chi connectivity index (χ0v) is 9.44. The first-order valence-electron chi connectivity index (χ1n) is 4.64. The van der Waals surface area contributed by atoms with Gasteiger partial charge in [0.05, 0.1) is 5.51 Å². The van der Waals surface area contributed by atoms with Gasteiger partial charge >= 0.3 is 0 Å². The summed E-state index contributed by atoms with van der Waals surface area (Å²) in [6, 6.07) is 6.54. The van der Waals surface area contributed by atoms with Crippen LogP contribution in [0.5, 0.6) is 5.75 Å². The minimum Gasteiger partial charge on any atom is -0.508 e. The second kappa shape index (κ2) is 4.32. The smallest absolute Gasteiger partial charge is 0.277 e. The summed E-state index contributed by atoms with van der Waals surface area (Å²) in [6.45, 7) is 0. The molecule has 0 aliphatic heterocycles. The van der Waals surface area contributed by atoms with Crippen LogP contribution in [0.4, 0.5) is 5.69 Å². The van der Waals surface area contributed by atoms with Crippen LogP contribution >= 0.6 is 11.3 Å². The van der Waals surface area contributed by atoms with Crippen LogP contribution in [0.15, 0.2) is 35.2 Å². The number of carbonyl (C=O) groups excluding carboxylic acids is 1. The second-order valence-corrected chi connectivity index (χ2v) is 3.98. The van der Waals surface area contributed by atoms with E-state index in [-0.39, 0.29) is 11.7 Å². The van der Waals surface area contributed by atoms with Crippen molar-refractivity contribution in [1.29, 1.82) is 0 Å². The molecule has 4 nitrogen and oxygen atoms in total. The first-order valence-corrected chi connectivity index (χ1v) is 5.58. The van der Waals surface area contributed by atoms with Gasteiger partial charge in [-0.2, -0.15) is 0 Å². The Morgan fingerprint density at radius 2 is 2.31 bits per heavy atom. The maximum atomic E-state index is 11.9. The molecule has 0 radical (unpaired) electrons. The van der Waals surface area contributed by atoms with Crippen LogP contribution in [0.25, 0.3) is 0 Å². The molecule has 2 rings (SSSR count). The standard InChI is InChI=1S/C11H10N2O2S/c1-13(8-3-2-4-9(14)5-8)11(15)10-6-16-7-12-10/h2-7,14H,1H3. The van der Waals surface area contributed by atoms with Crippen LogP contribution in [-0.2, 0) is 0 Å². The maximum absolute atomic E-state index is 11.9. The molecule has 16 heavy (non-hydrogen) atoms. The summed E-state index contributed by atoms with van der Waals surface area (Å²) in [5.74, 6) is -0.0534. The number of thiazole rings is 1. The Morgan fingerprint density at radius 1 is 1.50 bits per heavy atom. The molecule has 0 aliphatic carbocycles. The zero-order valence-electron chi connectivity index (χ0n) is 8.62. The third kappa shape index (κ3) is 2.04. The number of carbonyl (C=O) groups is 1. The SMILES string of the molecule is CN(C(=O)c1cscn1)c1cccc(O)c1. The quantitative estimate of drug-likeness (QED) is 0.866. The van der Waals surface area contributed by atoms with Gasteiger partial charge in [0.1, 0.15) is 11.4 Å². The normalized spacial score (nSPS) is 10.1. The van der Waals surface area contributed by atoms with Gasteiger partial charge < -0.3 is 10.0 Å². The van der Waals surface area contributed by atoms with Crippen molar-refractivity contribution < 1.29 is 9.90 Å². The summed E-state index contributed by atoms with van der Waals surface area (Å²) >= 11 is 1.38. The fourth-order valence-corrected chi connectivity index (χ4v) is 1.83. The van der Waals surface area contributed by atoms with Gasteiger partial charge in [0.25, 0.3) is 5.91 Å². The zero-order chi connectivity index (χ0) is 11.5. The van der Waals surface area contributed by atoms with E-state index >= 15 is 0 Å². The Morgan fingerprint density at radius 3 is 2.94 bits per heavy atom. The molecule has 0 unspecified atom stereocenters. The highest BCUT2D eigenvalue weighted by Crippen LogP contribution is 2.20. The molecule has 0 spiro atoms. The third-order valence-corrected chi connectivity index (χ3v) is 2.76. The molecule has 0 saturated carbocycles. The Hall–Kier alpha value is -1.88. The predicted octanol–water partition coefficient (Wildman–Crippen LogP) is 2.13. The molecule has 1 heterocycles. The van der Waals surface area contributed by atoms with Crippen molar-refractivity contribution in [3.63, 3.8) is 0 Å². The van der Waals surface area contributed by atoms with E-state index in [1.54, 1.807) is 36.1 Å². The molecular weight excluding hydrogens is 224 g/mol. The summed E-state index contributed by atoms with van der Waals surface area (Å²) in [4.78, 5) is 17.3. The lowest BCUT2D eigenvalue weighted by atomic mass is 10.2. The maximum Gasteiger partial charge on any atom is 0.277 e. The Labute approximate surface area is 96.8 Å². The molecule has 0 saturated heterocycles. The van der Waals surface area contributed by atoms with Gasteiger partial charge in [-0.1, -0.05) is 6.07 Å². The lowest BCUT2D eigenvalue weighted by Crippen LogP contribution is -2.26. The van der Waals surface area contributed by atoms with Gasteiger partial charge in [-0.05, 0) is 12.1 Å². The fraction of sp³-hybridized carbons (Fsp3) is 0.0909. The highest BCUT2D eigenvalue weighted by molar-refractivity contribution is 7.07. The first kappa shape index (κ1) is 10.6. The van der Waals surface area contributed by atoms with Gasteiger partial charge in [0.2, 0.25) is 0 Å². The van der Waals surface area contributed by atoms with E-state index in [0.29, 0.717) is 11.4 Å². The van der Waals surface area contributed by atoms with Crippen LogP contribution in [-0.4, -0.2) is 23.0 Å². The van der Waals surface area contributed by atoms with E-state index in [1.165, 1.54) is 22.3 Å². The average Bonchev–Trinajstić information content (AvgIpc) is 2.80. The van der Waals surface area contributed by atoms with Crippen molar-refractivity contribution in [2.24, 2.45) is 0 Å².